The van der Waals surface area contributed by atoms with Crippen LogP contribution in [0.4, 0.5) is 25.5 Å². The maximum Gasteiger partial charge on any atom is 0.413 e. The van der Waals surface area contributed by atoms with Crippen LogP contribution in [-0.4, -0.2) is 62.4 Å². The maximum absolute atomic E-state index is 14.8. The second-order valence-electron chi connectivity index (χ2n) is 12.7. The van der Waals surface area contributed by atoms with E-state index in [1.54, 1.807) is 62.3 Å². The van der Waals surface area contributed by atoms with Gasteiger partial charge >= 0.3 is 18.2 Å². The van der Waals surface area contributed by atoms with Gasteiger partial charge in [-0.1, -0.05) is 0 Å². The van der Waals surface area contributed by atoms with Gasteiger partial charge in [-0.05, 0) is 74.4 Å². The van der Waals surface area contributed by atoms with Crippen LogP contribution in [-0.2, 0) is 25.5 Å². The van der Waals surface area contributed by atoms with Crippen molar-refractivity contribution in [2.75, 3.05) is 11.9 Å². The van der Waals surface area contributed by atoms with Gasteiger partial charge in [-0.2, -0.15) is 0 Å². The minimum Gasteiger partial charge on any atom is -0.459 e. The highest BCUT2D eigenvalue weighted by atomic mass is 19.1. The normalized spacial score (nSPS) is 12.5. The van der Waals surface area contributed by atoms with E-state index in [-0.39, 0.29) is 22.9 Å². The number of nitro groups is 1. The number of halogens is 1. The summed E-state index contributed by atoms with van der Waals surface area (Å²) in [4.78, 5) is 54.3. The van der Waals surface area contributed by atoms with Crippen molar-refractivity contribution in [3.8, 4) is 11.5 Å². The average molecular weight is 622 g/mol. The first-order valence-electron chi connectivity index (χ1n) is 13.6. The number of ether oxygens (including phenoxy) is 4. The Balaban J connectivity index is 2.60. The van der Waals surface area contributed by atoms with Gasteiger partial charge in [0, 0.05) is 12.3 Å². The standard InChI is InChI=1S/C29H40FN5O9/c1-27(2,3)42-24(36)20(31)16-34(26(38)44-29(7,8)9)15-18-21(41-22-11-10-17(35(39)40)14-19(22)30)12-13-32-23(18)33-25(37)43-28(4,5)6/h10-14,20H,15-16,31H2,1-9H3,(H,32,33,37). The number of benzene rings is 1. The molecule has 14 nitrogen and oxygen atoms in total. The monoisotopic (exact) mass is 621 g/mol. The summed E-state index contributed by atoms with van der Waals surface area (Å²) in [5, 5.41) is 13.6. The van der Waals surface area contributed by atoms with E-state index in [0.29, 0.717) is 6.07 Å². The van der Waals surface area contributed by atoms with Crippen LogP contribution in [0, 0.1) is 15.9 Å². The largest absolute Gasteiger partial charge is 0.459 e. The molecule has 2 amide bonds. The van der Waals surface area contributed by atoms with Crippen molar-refractivity contribution in [1.29, 1.82) is 0 Å². The van der Waals surface area contributed by atoms with Crippen molar-refractivity contribution in [2.24, 2.45) is 5.73 Å². The summed E-state index contributed by atoms with van der Waals surface area (Å²) in [6.07, 6.45) is -0.519. The Labute approximate surface area is 255 Å². The zero-order valence-electron chi connectivity index (χ0n) is 26.3. The van der Waals surface area contributed by atoms with Crippen LogP contribution in [0.15, 0.2) is 30.5 Å². The fourth-order valence-electron chi connectivity index (χ4n) is 3.45. The minimum atomic E-state index is -1.31. The van der Waals surface area contributed by atoms with Crippen LogP contribution in [0.3, 0.4) is 0 Å². The number of hydrogen-bond donors (Lipinski definition) is 2. The number of pyridine rings is 1. The molecule has 1 atom stereocenters. The van der Waals surface area contributed by atoms with Gasteiger partial charge in [0.2, 0.25) is 0 Å². The van der Waals surface area contributed by atoms with Gasteiger partial charge in [0.1, 0.15) is 34.4 Å². The zero-order valence-corrected chi connectivity index (χ0v) is 26.3. The molecule has 44 heavy (non-hydrogen) atoms. The summed E-state index contributed by atoms with van der Waals surface area (Å²) in [7, 11) is 0. The third-order valence-electron chi connectivity index (χ3n) is 5.11. The molecule has 0 radical (unpaired) electrons. The minimum absolute atomic E-state index is 0.0401. The number of esters is 1. The van der Waals surface area contributed by atoms with Crippen molar-refractivity contribution in [3.05, 3.63) is 52.0 Å². The van der Waals surface area contributed by atoms with Crippen LogP contribution in [0.1, 0.15) is 67.9 Å². The number of non-ortho nitro benzene ring substituents is 1. The van der Waals surface area contributed by atoms with Crippen molar-refractivity contribution in [3.63, 3.8) is 0 Å². The molecule has 1 aromatic carbocycles. The predicted molar refractivity (Wildman–Crippen MR) is 158 cm³/mol. The Hall–Kier alpha value is -4.53. The lowest BCUT2D eigenvalue weighted by Crippen LogP contribution is -2.48. The van der Waals surface area contributed by atoms with E-state index < -0.39 is 70.5 Å². The smallest absolute Gasteiger partial charge is 0.413 e. The van der Waals surface area contributed by atoms with Gasteiger partial charge in [-0.15, -0.1) is 0 Å². The fourth-order valence-corrected chi connectivity index (χ4v) is 3.45. The van der Waals surface area contributed by atoms with Crippen LogP contribution in [0.5, 0.6) is 11.5 Å². The van der Waals surface area contributed by atoms with Gasteiger partial charge in [0.25, 0.3) is 5.69 Å². The molecule has 3 N–H and O–H groups in total. The first-order chi connectivity index (χ1) is 20.0. The molecule has 0 spiro atoms. The van der Waals surface area contributed by atoms with Gasteiger partial charge < -0.3 is 29.6 Å². The van der Waals surface area contributed by atoms with Crippen LogP contribution in [0.2, 0.25) is 0 Å². The van der Waals surface area contributed by atoms with E-state index in [1.165, 1.54) is 12.3 Å². The van der Waals surface area contributed by atoms with Gasteiger partial charge in [0.05, 0.1) is 29.6 Å². The summed E-state index contributed by atoms with van der Waals surface area (Å²) < 4.78 is 36.8. The average Bonchev–Trinajstić information content (AvgIpc) is 2.82. The molecule has 242 valence electrons. The van der Waals surface area contributed by atoms with Gasteiger partial charge in [0.15, 0.2) is 11.6 Å². The Bertz CT molecular complexity index is 1380. The molecule has 0 fully saturated rings. The Morgan fingerprint density at radius 2 is 1.57 bits per heavy atom. The van der Waals surface area contributed by atoms with Crippen LogP contribution >= 0.6 is 0 Å². The number of rotatable bonds is 9. The molecule has 1 heterocycles. The summed E-state index contributed by atoms with van der Waals surface area (Å²) >= 11 is 0. The topological polar surface area (TPSA) is 185 Å². The molecule has 0 saturated carbocycles. The van der Waals surface area contributed by atoms with Crippen molar-refractivity contribution in [2.45, 2.75) is 91.7 Å². The van der Waals surface area contributed by atoms with Crippen LogP contribution in [0.25, 0.3) is 0 Å². The third-order valence-corrected chi connectivity index (χ3v) is 5.11. The third kappa shape index (κ3) is 11.6. The Kier molecular flexibility index (Phi) is 11.2. The highest BCUT2D eigenvalue weighted by Crippen LogP contribution is 2.33. The molecular formula is C29H40FN5O9. The number of carbonyl (C=O) groups is 3. The van der Waals surface area contributed by atoms with E-state index in [2.05, 4.69) is 10.3 Å². The van der Waals surface area contributed by atoms with E-state index in [0.717, 1.165) is 17.0 Å². The second kappa shape index (κ2) is 13.8. The van der Waals surface area contributed by atoms with Crippen molar-refractivity contribution < 1.29 is 42.6 Å². The van der Waals surface area contributed by atoms with Crippen molar-refractivity contribution >= 4 is 29.7 Å². The zero-order chi connectivity index (χ0) is 33.6. The molecule has 15 heteroatoms. The molecule has 0 aliphatic rings. The second-order valence-corrected chi connectivity index (χ2v) is 12.7. The van der Waals surface area contributed by atoms with E-state index in [1.807, 2.05) is 0 Å². The van der Waals surface area contributed by atoms with E-state index >= 15 is 0 Å². The molecule has 0 aliphatic carbocycles. The Morgan fingerprint density at radius 3 is 2.09 bits per heavy atom. The molecule has 1 aromatic heterocycles. The Morgan fingerprint density at radius 1 is 0.977 bits per heavy atom. The lowest BCUT2D eigenvalue weighted by atomic mass is 10.1. The number of amides is 2. The fraction of sp³-hybridized carbons (Fsp3) is 0.517. The summed E-state index contributed by atoms with van der Waals surface area (Å²) in [5.41, 5.74) is 3.00. The SMILES string of the molecule is CC(C)(C)OC(=O)Nc1nccc(Oc2ccc([N+](=O)[O-])cc2F)c1CN(CC(N)C(=O)OC(C)(C)C)C(=O)OC(C)(C)C. The molecule has 2 aromatic rings. The van der Waals surface area contributed by atoms with Crippen LogP contribution < -0.4 is 15.8 Å². The number of nitrogens with zero attached hydrogens (tertiary/aromatic N) is 3. The number of nitrogens with one attached hydrogen (secondary N) is 1. The lowest BCUT2D eigenvalue weighted by molar-refractivity contribution is -0.385. The highest BCUT2D eigenvalue weighted by Gasteiger charge is 2.31. The quantitative estimate of drug-likeness (QED) is 0.152. The van der Waals surface area contributed by atoms with Crippen molar-refractivity contribution in [1.82, 2.24) is 9.88 Å². The number of hydrogen-bond acceptors (Lipinski definition) is 11. The number of aromatic nitrogens is 1. The summed E-state index contributed by atoms with van der Waals surface area (Å²) in [6, 6.07) is 2.81. The summed E-state index contributed by atoms with van der Waals surface area (Å²) in [5.74, 6) is -2.43. The lowest BCUT2D eigenvalue weighted by Gasteiger charge is -2.30. The molecule has 0 bridgehead atoms. The maximum atomic E-state index is 14.8. The predicted octanol–water partition coefficient (Wildman–Crippen LogP) is 5.67. The molecule has 0 aliphatic heterocycles. The molecular weight excluding hydrogens is 581 g/mol. The molecule has 2 rings (SSSR count). The number of carbonyl (C=O) groups excluding carboxylic acids is 3. The number of nitro benzene ring substituents is 1. The van der Waals surface area contributed by atoms with Gasteiger partial charge in [-0.3, -0.25) is 20.2 Å². The summed E-state index contributed by atoms with van der Waals surface area (Å²) in [6.45, 7) is 14.1. The van der Waals surface area contributed by atoms with Gasteiger partial charge in [-0.25, -0.2) is 19.0 Å². The molecule has 1 unspecified atom stereocenters. The highest BCUT2D eigenvalue weighted by molar-refractivity contribution is 5.85. The first-order valence-corrected chi connectivity index (χ1v) is 13.6. The molecule has 0 saturated heterocycles. The van der Waals surface area contributed by atoms with E-state index in [9.17, 15) is 28.9 Å². The number of anilines is 1. The first kappa shape index (κ1) is 35.7. The number of nitrogens with two attached hydrogens (primary N) is 1. The van der Waals surface area contributed by atoms with E-state index in [4.69, 9.17) is 24.7 Å².